The molecule has 0 bridgehead atoms. The van der Waals surface area contributed by atoms with Crippen molar-refractivity contribution in [1.29, 1.82) is 0 Å². The van der Waals surface area contributed by atoms with Crippen molar-refractivity contribution >= 4 is 28.7 Å². The molecule has 0 aromatic heterocycles. The van der Waals surface area contributed by atoms with Gasteiger partial charge in [0.1, 0.15) is 6.54 Å². The molecule has 0 spiro atoms. The molecule has 1 N–H and O–H groups in total. The van der Waals surface area contributed by atoms with E-state index in [1.807, 2.05) is 60.7 Å². The van der Waals surface area contributed by atoms with E-state index in [0.29, 0.717) is 6.61 Å². The van der Waals surface area contributed by atoms with E-state index in [0.717, 1.165) is 41.3 Å². The molecule has 0 amide bonds. The fraction of sp³-hybridized carbons (Fsp3) is 0.333. The molecule has 6 heteroatoms. The molecule has 0 atom stereocenters. The van der Waals surface area contributed by atoms with E-state index < -0.39 is 0 Å². The van der Waals surface area contributed by atoms with Gasteiger partial charge in [-0.15, -0.1) is 0 Å². The van der Waals surface area contributed by atoms with Gasteiger partial charge in [0.2, 0.25) is 0 Å². The van der Waals surface area contributed by atoms with E-state index >= 15 is 0 Å². The average Bonchev–Trinajstić information content (AvgIpc) is 2.72. The zero-order valence-electron chi connectivity index (χ0n) is 17.8. The van der Waals surface area contributed by atoms with Gasteiger partial charge in [-0.05, 0) is 67.7 Å². The molecule has 30 heavy (non-hydrogen) atoms. The molecule has 0 unspecified atom stereocenters. The summed E-state index contributed by atoms with van der Waals surface area (Å²) in [5, 5.41) is 11.7. The number of nitrogens with zero attached hydrogens (tertiary/aromatic N) is 3. The zero-order valence-corrected chi connectivity index (χ0v) is 17.8. The predicted molar refractivity (Wildman–Crippen MR) is 120 cm³/mol. The van der Waals surface area contributed by atoms with Crippen LogP contribution in [0.25, 0.3) is 0 Å². The van der Waals surface area contributed by atoms with Crippen molar-refractivity contribution in [3.8, 4) is 0 Å². The van der Waals surface area contributed by atoms with Crippen LogP contribution in [0, 0.1) is 5.41 Å². The monoisotopic (exact) mass is 404 g/mol. The maximum Gasteiger partial charge on any atom is 0.325 e. The molecule has 0 radical (unpaired) electrons. The number of hydrogen-bond donors (Lipinski definition) is 1. The van der Waals surface area contributed by atoms with Gasteiger partial charge in [0, 0.05) is 11.4 Å². The van der Waals surface area contributed by atoms with Gasteiger partial charge in [0.15, 0.2) is 0 Å². The number of nitrogens with one attached hydrogen (secondary N) is 1. The van der Waals surface area contributed by atoms with Crippen LogP contribution < -0.4 is 5.32 Å². The molecule has 6 nitrogen and oxygen atoms in total. The first-order valence-corrected chi connectivity index (χ1v) is 10.2. The van der Waals surface area contributed by atoms with Gasteiger partial charge in [-0.2, -0.15) is 10.2 Å². The van der Waals surface area contributed by atoms with E-state index in [1.165, 1.54) is 0 Å². The highest BCUT2D eigenvalue weighted by Crippen LogP contribution is 2.34. The third-order valence-electron chi connectivity index (χ3n) is 4.59. The standard InChI is InChI=1S/C24H28N4O2/c1-4-30-23(29)17-25-21-14-22(16-24(2,3)15-21)26-18-10-12-20(13-11-18)28-27-19-8-6-5-7-9-19/h5-14,25H,4,15-17H2,1-3H3/b26-22-,28-27+. The quantitative estimate of drug-likeness (QED) is 0.452. The number of benzene rings is 2. The summed E-state index contributed by atoms with van der Waals surface area (Å²) in [6, 6.07) is 17.3. The summed E-state index contributed by atoms with van der Waals surface area (Å²) >= 11 is 0. The molecule has 0 saturated heterocycles. The SMILES string of the molecule is CCOC(=O)CNC1=C/C(=N/c2ccc(/N=N/c3ccccc3)cc2)CC(C)(C)C1. The van der Waals surface area contributed by atoms with Crippen molar-refractivity contribution in [2.45, 2.75) is 33.6 Å². The van der Waals surface area contributed by atoms with Crippen molar-refractivity contribution in [3.05, 3.63) is 66.4 Å². The maximum absolute atomic E-state index is 11.6. The number of esters is 1. The molecule has 156 valence electrons. The second-order valence-electron chi connectivity index (χ2n) is 8.00. The molecular formula is C24H28N4O2. The van der Waals surface area contributed by atoms with E-state index in [-0.39, 0.29) is 17.9 Å². The Balaban J connectivity index is 1.70. The van der Waals surface area contributed by atoms with Crippen LogP contribution in [0.2, 0.25) is 0 Å². The topological polar surface area (TPSA) is 75.4 Å². The number of carbonyl (C=O) groups is 1. The number of aliphatic imine (C=N–C) groups is 1. The van der Waals surface area contributed by atoms with Crippen molar-refractivity contribution in [1.82, 2.24) is 5.32 Å². The maximum atomic E-state index is 11.6. The molecule has 1 aliphatic rings. The lowest BCUT2D eigenvalue weighted by molar-refractivity contribution is -0.141. The van der Waals surface area contributed by atoms with E-state index in [1.54, 1.807) is 6.92 Å². The lowest BCUT2D eigenvalue weighted by Crippen LogP contribution is -2.31. The lowest BCUT2D eigenvalue weighted by atomic mass is 9.78. The van der Waals surface area contributed by atoms with Gasteiger partial charge >= 0.3 is 5.97 Å². The zero-order chi connectivity index (χ0) is 21.4. The van der Waals surface area contributed by atoms with Gasteiger partial charge in [0.05, 0.1) is 23.7 Å². The molecule has 3 rings (SSSR count). The number of azo groups is 1. The van der Waals surface area contributed by atoms with Crippen LogP contribution in [0.3, 0.4) is 0 Å². The van der Waals surface area contributed by atoms with Crippen LogP contribution in [0.15, 0.2) is 81.6 Å². The predicted octanol–water partition coefficient (Wildman–Crippen LogP) is 6.03. The highest BCUT2D eigenvalue weighted by Gasteiger charge is 2.26. The fourth-order valence-corrected chi connectivity index (χ4v) is 3.32. The normalized spacial score (nSPS) is 17.0. The first-order chi connectivity index (χ1) is 14.4. The Morgan fingerprint density at radius 2 is 1.60 bits per heavy atom. The third kappa shape index (κ3) is 6.65. The molecule has 0 aliphatic heterocycles. The first kappa shape index (κ1) is 21.4. The summed E-state index contributed by atoms with van der Waals surface area (Å²) in [6.07, 6.45) is 3.77. The average molecular weight is 405 g/mol. The van der Waals surface area contributed by atoms with Gasteiger partial charge < -0.3 is 10.1 Å². The Hall–Kier alpha value is -3.28. The van der Waals surface area contributed by atoms with Crippen molar-refractivity contribution in [3.63, 3.8) is 0 Å². The second kappa shape index (κ2) is 9.96. The van der Waals surface area contributed by atoms with Crippen molar-refractivity contribution in [2.75, 3.05) is 13.2 Å². The van der Waals surface area contributed by atoms with Crippen LogP contribution in [0.4, 0.5) is 17.1 Å². The van der Waals surface area contributed by atoms with Crippen LogP contribution in [-0.2, 0) is 9.53 Å². The highest BCUT2D eigenvalue weighted by molar-refractivity contribution is 5.98. The summed E-state index contributed by atoms with van der Waals surface area (Å²) in [5.74, 6) is -0.250. The molecule has 2 aromatic rings. The molecule has 0 heterocycles. The Morgan fingerprint density at radius 3 is 2.27 bits per heavy atom. The third-order valence-corrected chi connectivity index (χ3v) is 4.59. The highest BCUT2D eigenvalue weighted by atomic mass is 16.5. The summed E-state index contributed by atoms with van der Waals surface area (Å²) in [4.78, 5) is 16.4. The van der Waals surface area contributed by atoms with E-state index in [2.05, 4.69) is 29.4 Å². The minimum atomic E-state index is -0.250. The molecule has 0 fully saturated rings. The minimum absolute atomic E-state index is 0.0639. The van der Waals surface area contributed by atoms with Crippen LogP contribution >= 0.6 is 0 Å². The lowest BCUT2D eigenvalue weighted by Gasteiger charge is -2.31. The number of carbonyl (C=O) groups excluding carboxylic acids is 1. The number of hydrogen-bond acceptors (Lipinski definition) is 6. The van der Waals surface area contributed by atoms with Crippen LogP contribution in [0.5, 0.6) is 0 Å². The van der Waals surface area contributed by atoms with Gasteiger partial charge in [-0.25, -0.2) is 0 Å². The molecule has 1 aliphatic carbocycles. The van der Waals surface area contributed by atoms with Crippen LogP contribution in [-0.4, -0.2) is 24.8 Å². The number of ether oxygens (including phenoxy) is 1. The van der Waals surface area contributed by atoms with Crippen molar-refractivity contribution in [2.24, 2.45) is 20.6 Å². The Morgan fingerprint density at radius 1 is 0.967 bits per heavy atom. The Bertz CT molecular complexity index is 945. The van der Waals surface area contributed by atoms with Gasteiger partial charge in [0.25, 0.3) is 0 Å². The summed E-state index contributed by atoms with van der Waals surface area (Å²) in [6.45, 7) is 6.77. The number of rotatable bonds is 7. The molecule has 2 aromatic carbocycles. The summed E-state index contributed by atoms with van der Waals surface area (Å²) in [7, 11) is 0. The van der Waals surface area contributed by atoms with E-state index in [9.17, 15) is 4.79 Å². The second-order valence-corrected chi connectivity index (χ2v) is 8.00. The fourth-order valence-electron chi connectivity index (χ4n) is 3.32. The Kier molecular flexibility index (Phi) is 7.12. The summed E-state index contributed by atoms with van der Waals surface area (Å²) < 4.78 is 4.99. The Labute approximate surface area is 177 Å². The van der Waals surface area contributed by atoms with E-state index in [4.69, 9.17) is 9.73 Å². The van der Waals surface area contributed by atoms with Gasteiger partial charge in [-0.1, -0.05) is 32.0 Å². The molecule has 0 saturated carbocycles. The smallest absolute Gasteiger partial charge is 0.325 e. The summed E-state index contributed by atoms with van der Waals surface area (Å²) in [5.41, 5.74) is 4.51. The number of allylic oxidation sites excluding steroid dienone is 2. The van der Waals surface area contributed by atoms with Crippen molar-refractivity contribution < 1.29 is 9.53 Å². The van der Waals surface area contributed by atoms with Crippen LogP contribution in [0.1, 0.15) is 33.6 Å². The largest absolute Gasteiger partial charge is 0.465 e. The first-order valence-electron chi connectivity index (χ1n) is 10.2. The van der Waals surface area contributed by atoms with Gasteiger partial charge in [-0.3, -0.25) is 9.79 Å². The molecular weight excluding hydrogens is 376 g/mol. The minimum Gasteiger partial charge on any atom is -0.465 e.